The monoisotopic (exact) mass is 539 g/mol. The molecule has 10 heteroatoms. The molecule has 0 saturated carbocycles. The average molecular weight is 540 g/mol. The molecule has 4 aromatic carbocycles. The lowest BCUT2D eigenvalue weighted by atomic mass is 9.98. The maximum absolute atomic E-state index is 13.8. The Labute approximate surface area is 230 Å². The number of aryl methyl sites for hydroxylation is 1. The van der Waals surface area contributed by atoms with Crippen molar-refractivity contribution in [2.75, 3.05) is 22.1 Å². The van der Waals surface area contributed by atoms with Crippen LogP contribution >= 0.6 is 0 Å². The van der Waals surface area contributed by atoms with Gasteiger partial charge in [0.05, 0.1) is 17.9 Å². The highest BCUT2D eigenvalue weighted by Crippen LogP contribution is 2.36. The van der Waals surface area contributed by atoms with Gasteiger partial charge in [-0.3, -0.25) is 0 Å². The second-order valence-corrected chi connectivity index (χ2v) is 9.22. The van der Waals surface area contributed by atoms with E-state index >= 15 is 0 Å². The summed E-state index contributed by atoms with van der Waals surface area (Å²) in [6.45, 7) is 1.68. The van der Waals surface area contributed by atoms with Crippen LogP contribution in [0.15, 0.2) is 97.1 Å². The van der Waals surface area contributed by atoms with Gasteiger partial charge in [0.25, 0.3) is 6.43 Å². The van der Waals surface area contributed by atoms with Crippen LogP contribution in [0.2, 0.25) is 0 Å². The van der Waals surface area contributed by atoms with Crippen LogP contribution in [0.1, 0.15) is 11.1 Å². The molecule has 3 N–H and O–H groups in total. The summed E-state index contributed by atoms with van der Waals surface area (Å²) in [5.74, 6) is 0.412. The highest BCUT2D eigenvalue weighted by Gasteiger charge is 2.20. The number of rotatable bonds is 9. The van der Waals surface area contributed by atoms with E-state index in [1.54, 1.807) is 29.2 Å². The number of hydrogen-bond donors (Lipinski definition) is 3. The van der Waals surface area contributed by atoms with Crippen LogP contribution in [0.4, 0.5) is 30.6 Å². The molecule has 2 amide bonds. The highest BCUT2D eigenvalue weighted by atomic mass is 19.3. The first kappa shape index (κ1) is 26.5. The number of amides is 2. The Kier molecular flexibility index (Phi) is 8.05. The predicted octanol–water partition coefficient (Wildman–Crippen LogP) is 6.76. The Hall–Kier alpha value is -5.12. The standard InChI is InChI=1S/C30H27F2N7O/c1-20-11-14-23(15-12-20)33-30(40)34-26-17-22(24-9-5-6-10-25(24)29-35-37-38-36-29)13-16-27(26)39(19-28(31)32)18-21-7-3-2-4-8-21/h2-17,28H,18-19H2,1H3,(H2,33,34,40)(H,35,36,37,38). The van der Waals surface area contributed by atoms with Crippen LogP contribution < -0.4 is 15.5 Å². The molecule has 0 fully saturated rings. The van der Waals surface area contributed by atoms with Gasteiger partial charge in [0.1, 0.15) is 0 Å². The lowest BCUT2D eigenvalue weighted by molar-refractivity contribution is 0.154. The molecule has 0 bridgehead atoms. The fraction of sp³-hybridized carbons (Fsp3) is 0.133. The third-order valence-corrected chi connectivity index (χ3v) is 6.29. The highest BCUT2D eigenvalue weighted by molar-refractivity contribution is 6.02. The van der Waals surface area contributed by atoms with E-state index in [1.807, 2.05) is 79.7 Å². The maximum atomic E-state index is 13.8. The van der Waals surface area contributed by atoms with Crippen LogP contribution in [0.5, 0.6) is 0 Å². The molecule has 0 unspecified atom stereocenters. The van der Waals surface area contributed by atoms with E-state index in [9.17, 15) is 13.6 Å². The average Bonchev–Trinajstić information content (AvgIpc) is 3.49. The number of nitrogens with zero attached hydrogens (tertiary/aromatic N) is 4. The number of halogens is 2. The summed E-state index contributed by atoms with van der Waals surface area (Å²) >= 11 is 0. The zero-order valence-corrected chi connectivity index (χ0v) is 21.7. The quantitative estimate of drug-likeness (QED) is 0.192. The van der Waals surface area contributed by atoms with E-state index in [0.717, 1.165) is 27.8 Å². The number of H-pyrrole nitrogens is 1. The Morgan fingerprint density at radius 1 is 0.900 bits per heavy atom. The first-order valence-electron chi connectivity index (χ1n) is 12.7. The Morgan fingerprint density at radius 3 is 2.33 bits per heavy atom. The van der Waals surface area contributed by atoms with Crippen molar-refractivity contribution in [3.8, 4) is 22.5 Å². The minimum atomic E-state index is -2.59. The number of tetrazole rings is 1. The van der Waals surface area contributed by atoms with Crippen molar-refractivity contribution in [1.29, 1.82) is 0 Å². The molecule has 0 radical (unpaired) electrons. The summed E-state index contributed by atoms with van der Waals surface area (Å²) in [7, 11) is 0. The summed E-state index contributed by atoms with van der Waals surface area (Å²) in [4.78, 5) is 14.7. The number of alkyl halides is 2. The molecule has 5 aromatic rings. The number of hydrogen-bond acceptors (Lipinski definition) is 5. The van der Waals surface area contributed by atoms with Gasteiger partial charge in [0, 0.05) is 17.8 Å². The molecule has 8 nitrogen and oxygen atoms in total. The van der Waals surface area contributed by atoms with Crippen LogP contribution in [-0.4, -0.2) is 39.6 Å². The zero-order chi connectivity index (χ0) is 27.9. The number of urea groups is 1. The third-order valence-electron chi connectivity index (χ3n) is 6.29. The van der Waals surface area contributed by atoms with Crippen molar-refractivity contribution < 1.29 is 13.6 Å². The molecule has 0 aliphatic rings. The minimum Gasteiger partial charge on any atom is -0.360 e. The second-order valence-electron chi connectivity index (χ2n) is 9.22. The molecular weight excluding hydrogens is 512 g/mol. The molecule has 0 spiro atoms. The predicted molar refractivity (Wildman–Crippen MR) is 152 cm³/mol. The zero-order valence-electron chi connectivity index (χ0n) is 21.7. The van der Waals surface area contributed by atoms with E-state index in [2.05, 4.69) is 31.3 Å². The topological polar surface area (TPSA) is 98.8 Å². The number of aromatic nitrogens is 4. The number of carbonyl (C=O) groups is 1. The van der Waals surface area contributed by atoms with E-state index < -0.39 is 19.0 Å². The molecule has 1 heterocycles. The summed E-state index contributed by atoms with van der Waals surface area (Å²) in [6, 6.07) is 29.1. The molecule has 202 valence electrons. The molecule has 0 atom stereocenters. The molecular formula is C30H27F2N7O. The molecule has 0 saturated heterocycles. The van der Waals surface area contributed by atoms with E-state index in [4.69, 9.17) is 0 Å². The minimum absolute atomic E-state index is 0.234. The second kappa shape index (κ2) is 12.2. The molecule has 0 aliphatic heterocycles. The number of benzene rings is 4. The van der Waals surface area contributed by atoms with Gasteiger partial charge in [-0.05, 0) is 53.1 Å². The summed E-state index contributed by atoms with van der Waals surface area (Å²) in [6.07, 6.45) is -2.59. The van der Waals surface area contributed by atoms with Gasteiger partial charge in [-0.1, -0.05) is 78.4 Å². The van der Waals surface area contributed by atoms with Crippen LogP contribution in [-0.2, 0) is 6.54 Å². The van der Waals surface area contributed by atoms with Gasteiger partial charge in [-0.15, -0.1) is 10.2 Å². The summed E-state index contributed by atoms with van der Waals surface area (Å²) in [5.41, 5.74) is 5.64. The number of aromatic amines is 1. The normalized spacial score (nSPS) is 10.9. The smallest absolute Gasteiger partial charge is 0.323 e. The van der Waals surface area contributed by atoms with Gasteiger partial charge in [0.2, 0.25) is 5.82 Å². The molecule has 5 rings (SSSR count). The van der Waals surface area contributed by atoms with E-state index in [0.29, 0.717) is 22.9 Å². The van der Waals surface area contributed by atoms with E-state index in [1.165, 1.54) is 0 Å². The van der Waals surface area contributed by atoms with Gasteiger partial charge in [-0.25, -0.2) is 13.6 Å². The summed E-state index contributed by atoms with van der Waals surface area (Å²) in [5, 5.41) is 20.0. The van der Waals surface area contributed by atoms with Crippen molar-refractivity contribution in [2.24, 2.45) is 0 Å². The maximum Gasteiger partial charge on any atom is 0.323 e. The first-order valence-corrected chi connectivity index (χ1v) is 12.7. The first-order chi connectivity index (χ1) is 19.5. The van der Waals surface area contributed by atoms with Crippen LogP contribution in [0.3, 0.4) is 0 Å². The van der Waals surface area contributed by atoms with Gasteiger partial charge in [0.15, 0.2) is 0 Å². The van der Waals surface area contributed by atoms with Crippen molar-refractivity contribution in [3.63, 3.8) is 0 Å². The number of nitrogens with one attached hydrogen (secondary N) is 3. The SMILES string of the molecule is Cc1ccc(NC(=O)Nc2cc(-c3ccccc3-c3nn[nH]n3)ccc2N(Cc2ccccc2)CC(F)F)cc1. The van der Waals surface area contributed by atoms with Crippen LogP contribution in [0, 0.1) is 6.92 Å². The number of anilines is 3. The Bertz CT molecular complexity index is 1560. The third kappa shape index (κ3) is 6.47. The Morgan fingerprint density at radius 2 is 1.62 bits per heavy atom. The van der Waals surface area contributed by atoms with Crippen molar-refractivity contribution in [2.45, 2.75) is 19.9 Å². The Balaban J connectivity index is 1.55. The van der Waals surface area contributed by atoms with Crippen molar-refractivity contribution >= 4 is 23.1 Å². The van der Waals surface area contributed by atoms with E-state index in [-0.39, 0.29) is 6.54 Å². The fourth-order valence-electron chi connectivity index (χ4n) is 4.43. The fourth-order valence-corrected chi connectivity index (χ4v) is 4.43. The molecule has 1 aromatic heterocycles. The van der Waals surface area contributed by atoms with Gasteiger partial charge >= 0.3 is 6.03 Å². The van der Waals surface area contributed by atoms with Crippen LogP contribution in [0.25, 0.3) is 22.5 Å². The lowest BCUT2D eigenvalue weighted by Crippen LogP contribution is -2.30. The largest absolute Gasteiger partial charge is 0.360 e. The lowest BCUT2D eigenvalue weighted by Gasteiger charge is -2.28. The summed E-state index contributed by atoms with van der Waals surface area (Å²) < 4.78 is 27.6. The van der Waals surface area contributed by atoms with Gasteiger partial charge in [-0.2, -0.15) is 5.21 Å². The van der Waals surface area contributed by atoms with Crippen molar-refractivity contribution in [3.05, 3.63) is 108 Å². The van der Waals surface area contributed by atoms with Crippen molar-refractivity contribution in [1.82, 2.24) is 20.6 Å². The molecule has 0 aliphatic carbocycles. The molecule has 40 heavy (non-hydrogen) atoms. The number of carbonyl (C=O) groups excluding carboxylic acids is 1. The van der Waals surface area contributed by atoms with Gasteiger partial charge < -0.3 is 15.5 Å².